The van der Waals surface area contributed by atoms with E-state index in [-0.39, 0.29) is 0 Å². The number of nitrogens with one attached hydrogen (secondary N) is 2. The van der Waals surface area contributed by atoms with E-state index < -0.39 is 53.5 Å². The smallest absolute Gasteiger partial charge is 0.408 e. The molecule has 0 aliphatic heterocycles. The van der Waals surface area contributed by atoms with Crippen LogP contribution < -0.4 is 16.4 Å². The Hall–Kier alpha value is -3.59. The SMILES string of the molecule is Cc1cccc(Cl)c1NC(=O)C(c1c(C)cccc1C)N(C(=O)C(CC(N)=O)NC(=O)OC(C)(C)C)C(C)(C)C. The topological polar surface area (TPSA) is 131 Å². The summed E-state index contributed by atoms with van der Waals surface area (Å²) in [6, 6.07) is 8.30. The van der Waals surface area contributed by atoms with Gasteiger partial charge in [-0.3, -0.25) is 14.4 Å². The van der Waals surface area contributed by atoms with Gasteiger partial charge < -0.3 is 26.0 Å². The first kappa shape index (κ1) is 32.6. The maximum Gasteiger partial charge on any atom is 0.408 e. The molecule has 0 radical (unpaired) electrons. The lowest BCUT2D eigenvalue weighted by molar-refractivity contribution is -0.147. The van der Waals surface area contributed by atoms with E-state index >= 15 is 0 Å². The molecule has 9 nitrogen and oxygen atoms in total. The summed E-state index contributed by atoms with van der Waals surface area (Å²) in [5, 5.41) is 5.76. The minimum Gasteiger partial charge on any atom is -0.444 e. The number of nitrogens with zero attached hydrogens (tertiary/aromatic N) is 1. The number of amides is 4. The molecular formula is C30H41ClN4O5. The monoisotopic (exact) mass is 572 g/mol. The van der Waals surface area contributed by atoms with Crippen molar-refractivity contribution in [2.45, 2.75) is 92.0 Å². The summed E-state index contributed by atoms with van der Waals surface area (Å²) in [7, 11) is 0. The molecule has 0 saturated carbocycles. The largest absolute Gasteiger partial charge is 0.444 e. The van der Waals surface area contributed by atoms with E-state index in [0.717, 1.165) is 16.7 Å². The molecular weight excluding hydrogens is 532 g/mol. The highest BCUT2D eigenvalue weighted by atomic mass is 35.5. The molecule has 0 aliphatic carbocycles. The van der Waals surface area contributed by atoms with Crippen LogP contribution in [-0.2, 0) is 19.1 Å². The fourth-order valence-electron chi connectivity index (χ4n) is 4.48. The van der Waals surface area contributed by atoms with Gasteiger partial charge in [0.1, 0.15) is 17.7 Å². The number of nitrogens with two attached hydrogens (primary N) is 1. The number of anilines is 1. The second kappa shape index (κ2) is 12.7. The summed E-state index contributed by atoms with van der Waals surface area (Å²) in [5.74, 6) is -1.98. The number of rotatable bonds is 8. The van der Waals surface area contributed by atoms with Gasteiger partial charge in [-0.05, 0) is 90.6 Å². The number of alkyl carbamates (subject to hydrolysis) is 1. The number of halogens is 1. The Morgan fingerprint density at radius 1 is 0.925 bits per heavy atom. The zero-order valence-electron chi connectivity index (χ0n) is 24.8. The van der Waals surface area contributed by atoms with Crippen LogP contribution in [0.5, 0.6) is 0 Å². The molecule has 2 aromatic carbocycles. The second-order valence-corrected chi connectivity index (χ2v) is 12.3. The van der Waals surface area contributed by atoms with Gasteiger partial charge in [0.2, 0.25) is 11.8 Å². The molecule has 4 N–H and O–H groups in total. The summed E-state index contributed by atoms with van der Waals surface area (Å²) >= 11 is 6.43. The molecule has 40 heavy (non-hydrogen) atoms. The Balaban J connectivity index is 2.72. The van der Waals surface area contributed by atoms with Gasteiger partial charge in [-0.15, -0.1) is 0 Å². The molecule has 2 rings (SSSR count). The van der Waals surface area contributed by atoms with Crippen molar-refractivity contribution in [3.63, 3.8) is 0 Å². The van der Waals surface area contributed by atoms with E-state index in [9.17, 15) is 19.2 Å². The Bertz CT molecular complexity index is 1240. The van der Waals surface area contributed by atoms with Crippen molar-refractivity contribution in [3.8, 4) is 0 Å². The summed E-state index contributed by atoms with van der Waals surface area (Å²) < 4.78 is 5.33. The normalized spacial score (nSPS) is 13.2. The first-order chi connectivity index (χ1) is 18.3. The molecule has 10 heteroatoms. The molecule has 0 bridgehead atoms. The summed E-state index contributed by atoms with van der Waals surface area (Å²) in [6.07, 6.45) is -1.38. The molecule has 0 heterocycles. The third kappa shape index (κ3) is 8.45. The molecule has 0 spiro atoms. The van der Waals surface area contributed by atoms with Gasteiger partial charge >= 0.3 is 6.09 Å². The van der Waals surface area contributed by atoms with Crippen LogP contribution in [0.1, 0.15) is 76.3 Å². The molecule has 2 unspecified atom stereocenters. The maximum atomic E-state index is 14.3. The summed E-state index contributed by atoms with van der Waals surface area (Å²) in [6.45, 7) is 15.9. The van der Waals surface area contributed by atoms with Gasteiger partial charge in [0.25, 0.3) is 5.91 Å². The first-order valence-corrected chi connectivity index (χ1v) is 13.4. The van der Waals surface area contributed by atoms with E-state index in [1.54, 1.807) is 53.7 Å². The summed E-state index contributed by atoms with van der Waals surface area (Å²) in [4.78, 5) is 54.6. The van der Waals surface area contributed by atoms with Crippen molar-refractivity contribution >= 4 is 41.1 Å². The second-order valence-electron chi connectivity index (χ2n) is 11.9. The number of carbonyl (C=O) groups excluding carboxylic acids is 4. The lowest BCUT2D eigenvalue weighted by Crippen LogP contribution is -2.59. The number of benzene rings is 2. The average molecular weight is 573 g/mol. The number of carbonyl (C=O) groups is 4. The van der Waals surface area contributed by atoms with Crippen LogP contribution >= 0.6 is 11.6 Å². The Labute approximate surface area is 241 Å². The van der Waals surface area contributed by atoms with Gasteiger partial charge in [-0.1, -0.05) is 41.9 Å². The lowest BCUT2D eigenvalue weighted by atomic mass is 9.90. The zero-order chi connectivity index (χ0) is 30.6. The van der Waals surface area contributed by atoms with Crippen LogP contribution in [0.25, 0.3) is 0 Å². The molecule has 2 aromatic rings. The molecule has 2 atom stereocenters. The summed E-state index contributed by atoms with van der Waals surface area (Å²) in [5.41, 5.74) is 7.03. The Kier molecular flexibility index (Phi) is 10.4. The first-order valence-electron chi connectivity index (χ1n) is 13.1. The fourth-order valence-corrected chi connectivity index (χ4v) is 4.75. The third-order valence-electron chi connectivity index (χ3n) is 6.15. The highest BCUT2D eigenvalue weighted by molar-refractivity contribution is 6.34. The highest BCUT2D eigenvalue weighted by Crippen LogP contribution is 2.36. The molecule has 4 amide bonds. The fraction of sp³-hybridized carbons (Fsp3) is 0.467. The van der Waals surface area contributed by atoms with Crippen LogP contribution in [0.15, 0.2) is 36.4 Å². The van der Waals surface area contributed by atoms with Crippen LogP contribution in [-0.4, -0.2) is 45.9 Å². The van der Waals surface area contributed by atoms with E-state index in [0.29, 0.717) is 16.3 Å². The van der Waals surface area contributed by atoms with Gasteiger partial charge in [-0.25, -0.2) is 4.79 Å². The predicted molar refractivity (Wildman–Crippen MR) is 157 cm³/mol. The minimum atomic E-state index is -1.38. The zero-order valence-corrected chi connectivity index (χ0v) is 25.5. The van der Waals surface area contributed by atoms with Gasteiger partial charge in [0, 0.05) is 5.54 Å². The standard InChI is InChI=1S/C30H41ClN4O5/c1-17-12-10-13-18(2)23(17)25(26(37)34-24-19(3)14-11-15-20(24)31)35(29(4,5)6)27(38)21(16-22(32)36)33-28(39)40-30(7,8)9/h10-15,21,25H,16H2,1-9H3,(H2,32,36)(H,33,39)(H,34,37). The van der Waals surface area contributed by atoms with Crippen LogP contribution in [0.4, 0.5) is 10.5 Å². The van der Waals surface area contributed by atoms with Crippen molar-refractivity contribution in [1.29, 1.82) is 0 Å². The quantitative estimate of drug-likeness (QED) is 0.393. The van der Waals surface area contributed by atoms with Crippen LogP contribution in [0.2, 0.25) is 5.02 Å². The van der Waals surface area contributed by atoms with Gasteiger partial charge in [0.15, 0.2) is 0 Å². The van der Waals surface area contributed by atoms with Crippen molar-refractivity contribution in [3.05, 3.63) is 63.7 Å². The van der Waals surface area contributed by atoms with E-state index in [1.807, 2.05) is 45.0 Å². The number of primary amides is 1. The number of para-hydroxylation sites is 1. The Morgan fingerprint density at radius 3 is 1.93 bits per heavy atom. The van der Waals surface area contributed by atoms with Crippen molar-refractivity contribution in [1.82, 2.24) is 10.2 Å². The van der Waals surface area contributed by atoms with Crippen LogP contribution in [0, 0.1) is 20.8 Å². The van der Waals surface area contributed by atoms with E-state index in [4.69, 9.17) is 22.1 Å². The maximum absolute atomic E-state index is 14.3. The van der Waals surface area contributed by atoms with Crippen molar-refractivity contribution < 1.29 is 23.9 Å². The van der Waals surface area contributed by atoms with Crippen LogP contribution in [0.3, 0.4) is 0 Å². The third-order valence-corrected chi connectivity index (χ3v) is 6.46. The average Bonchev–Trinajstić information content (AvgIpc) is 2.77. The predicted octanol–water partition coefficient (Wildman–Crippen LogP) is 5.34. The van der Waals surface area contributed by atoms with Crippen molar-refractivity contribution in [2.24, 2.45) is 5.73 Å². The van der Waals surface area contributed by atoms with E-state index in [2.05, 4.69) is 10.6 Å². The molecule has 0 fully saturated rings. The van der Waals surface area contributed by atoms with Gasteiger partial charge in [-0.2, -0.15) is 0 Å². The molecule has 0 saturated heterocycles. The highest BCUT2D eigenvalue weighted by Gasteiger charge is 2.43. The number of aryl methyl sites for hydroxylation is 3. The number of hydrogen-bond acceptors (Lipinski definition) is 5. The van der Waals surface area contributed by atoms with E-state index in [1.165, 1.54) is 4.90 Å². The molecule has 218 valence electrons. The van der Waals surface area contributed by atoms with Crippen molar-refractivity contribution in [2.75, 3.05) is 5.32 Å². The number of ether oxygens (including phenoxy) is 1. The lowest BCUT2D eigenvalue weighted by Gasteiger charge is -2.43. The Morgan fingerprint density at radius 2 is 1.45 bits per heavy atom. The minimum absolute atomic E-state index is 0.348. The molecule has 0 aromatic heterocycles. The number of hydrogen-bond donors (Lipinski definition) is 3. The van der Waals surface area contributed by atoms with Gasteiger partial charge in [0.05, 0.1) is 17.1 Å². The molecule has 0 aliphatic rings.